The van der Waals surface area contributed by atoms with Crippen LogP contribution >= 0.6 is 0 Å². The molecule has 2 heterocycles. The summed E-state index contributed by atoms with van der Waals surface area (Å²) in [7, 11) is 2.15. The molecule has 17 heavy (non-hydrogen) atoms. The number of hydrogen-bond acceptors (Lipinski definition) is 3. The molecule has 0 unspecified atom stereocenters. The number of rotatable bonds is 3. The van der Waals surface area contributed by atoms with Gasteiger partial charge in [0.1, 0.15) is 6.26 Å². The van der Waals surface area contributed by atoms with Gasteiger partial charge in [0.2, 0.25) is 0 Å². The molecule has 1 aliphatic heterocycles. The highest BCUT2D eigenvalue weighted by atomic mass is 16.5. The molecule has 1 fully saturated rings. The van der Waals surface area contributed by atoms with Crippen LogP contribution in [0, 0.1) is 5.92 Å². The largest absolute Gasteiger partial charge is 0.363 e. The van der Waals surface area contributed by atoms with E-state index in [2.05, 4.69) is 29.0 Å². The molecule has 0 bridgehead atoms. The highest BCUT2D eigenvalue weighted by molar-refractivity contribution is 5.90. The second-order valence-corrected chi connectivity index (χ2v) is 5.34. The Bertz CT molecular complexity index is 367. The minimum absolute atomic E-state index is 0.0101. The first-order valence-electron chi connectivity index (χ1n) is 6.11. The lowest BCUT2D eigenvalue weighted by Gasteiger charge is -2.39. The molecule has 0 spiro atoms. The molecule has 0 atom stereocenters. The number of amides is 1. The van der Waals surface area contributed by atoms with E-state index in [0.29, 0.717) is 12.4 Å². The van der Waals surface area contributed by atoms with Gasteiger partial charge in [-0.15, -0.1) is 0 Å². The number of piperidine rings is 1. The van der Waals surface area contributed by atoms with Crippen molar-refractivity contribution in [3.05, 3.63) is 12.3 Å². The van der Waals surface area contributed by atoms with Crippen LogP contribution in [0.4, 0.5) is 5.82 Å². The number of likely N-dealkylation sites (tertiary alicyclic amines) is 1. The van der Waals surface area contributed by atoms with Crippen LogP contribution in [-0.4, -0.2) is 42.2 Å². The second kappa shape index (κ2) is 4.87. The maximum absolute atomic E-state index is 11.9. The number of aromatic nitrogens is 1. The fraction of sp³-hybridized carbons (Fsp3) is 0.667. The van der Waals surface area contributed by atoms with E-state index in [0.717, 1.165) is 23.5 Å². The summed E-state index contributed by atoms with van der Waals surface area (Å²) >= 11 is 0. The Morgan fingerprint density at radius 1 is 1.59 bits per heavy atom. The first-order chi connectivity index (χ1) is 8.07. The molecular weight excluding hydrogens is 218 g/mol. The van der Waals surface area contributed by atoms with Gasteiger partial charge in [0.05, 0.1) is 20.1 Å². The normalized spacial score (nSPS) is 28.9. The Kier molecular flexibility index (Phi) is 3.47. The van der Waals surface area contributed by atoms with Crippen molar-refractivity contribution >= 4 is 11.7 Å². The van der Waals surface area contributed by atoms with Gasteiger partial charge < -0.3 is 14.3 Å². The summed E-state index contributed by atoms with van der Waals surface area (Å²) in [4.78, 5) is 11.9. The lowest BCUT2D eigenvalue weighted by molar-refractivity contribution is -0.907. The number of likely N-dealkylation sites (N-methyl/N-ethyl adjacent to an activating group) is 1. The van der Waals surface area contributed by atoms with Crippen molar-refractivity contribution in [3.63, 3.8) is 0 Å². The summed E-state index contributed by atoms with van der Waals surface area (Å²) in [6.07, 6.45) is 3.86. The third-order valence-electron chi connectivity index (χ3n) is 3.55. The fourth-order valence-corrected chi connectivity index (χ4v) is 2.28. The zero-order valence-electron chi connectivity index (χ0n) is 10.5. The minimum Gasteiger partial charge on any atom is -0.363 e. The molecule has 0 aliphatic carbocycles. The van der Waals surface area contributed by atoms with Crippen LogP contribution in [0.1, 0.15) is 19.8 Å². The monoisotopic (exact) mass is 238 g/mol. The van der Waals surface area contributed by atoms with Crippen molar-refractivity contribution < 1.29 is 13.8 Å². The maximum atomic E-state index is 11.9. The third kappa shape index (κ3) is 3.30. The van der Waals surface area contributed by atoms with Crippen molar-refractivity contribution in [2.75, 3.05) is 32.0 Å². The number of nitrogens with zero attached hydrogens (tertiary/aromatic N) is 2. The second-order valence-electron chi connectivity index (χ2n) is 5.34. The molecule has 0 radical (unpaired) electrons. The summed E-state index contributed by atoms with van der Waals surface area (Å²) < 4.78 is 5.50. The highest BCUT2D eigenvalue weighted by Crippen LogP contribution is 2.21. The third-order valence-corrected chi connectivity index (χ3v) is 3.55. The lowest BCUT2D eigenvalue weighted by Crippen LogP contribution is -2.53. The van der Waals surface area contributed by atoms with Crippen LogP contribution in [0.25, 0.3) is 0 Å². The van der Waals surface area contributed by atoms with Crippen LogP contribution in [0.3, 0.4) is 0 Å². The quantitative estimate of drug-likeness (QED) is 0.812. The maximum Gasteiger partial charge on any atom is 0.280 e. The fourth-order valence-electron chi connectivity index (χ4n) is 2.28. The average Bonchev–Trinajstić information content (AvgIpc) is 2.75. The zero-order valence-corrected chi connectivity index (χ0v) is 10.5. The summed E-state index contributed by atoms with van der Waals surface area (Å²) in [5.41, 5.74) is 0. The molecule has 5 nitrogen and oxygen atoms in total. The Hall–Kier alpha value is -1.36. The summed E-state index contributed by atoms with van der Waals surface area (Å²) in [5, 5.41) is 6.42. The predicted molar refractivity (Wildman–Crippen MR) is 64.3 cm³/mol. The van der Waals surface area contributed by atoms with Crippen LogP contribution in [-0.2, 0) is 4.79 Å². The smallest absolute Gasteiger partial charge is 0.280 e. The molecule has 0 saturated carbocycles. The van der Waals surface area contributed by atoms with Gasteiger partial charge in [-0.3, -0.25) is 4.79 Å². The lowest BCUT2D eigenvalue weighted by atomic mass is 9.97. The van der Waals surface area contributed by atoms with Crippen LogP contribution < -0.4 is 5.32 Å². The van der Waals surface area contributed by atoms with Crippen molar-refractivity contribution in [2.24, 2.45) is 5.92 Å². The standard InChI is InChI=1S/C12H19N3O2/c1-10-3-6-15(2,7-4-10)9-12(16)13-11-5-8-17-14-11/h5,8,10H,3-4,6-7,9H2,1-2H3/p+1. The van der Waals surface area contributed by atoms with Gasteiger partial charge in [0.25, 0.3) is 5.91 Å². The molecule has 2 rings (SSSR count). The van der Waals surface area contributed by atoms with Gasteiger partial charge >= 0.3 is 0 Å². The highest BCUT2D eigenvalue weighted by Gasteiger charge is 2.30. The van der Waals surface area contributed by atoms with Crippen molar-refractivity contribution in [1.82, 2.24) is 5.16 Å². The van der Waals surface area contributed by atoms with Gasteiger partial charge in [-0.25, -0.2) is 0 Å². The van der Waals surface area contributed by atoms with Crippen LogP contribution in [0.2, 0.25) is 0 Å². The first kappa shape index (κ1) is 12.1. The van der Waals surface area contributed by atoms with Gasteiger partial charge in [0.15, 0.2) is 12.4 Å². The first-order valence-corrected chi connectivity index (χ1v) is 6.11. The Morgan fingerprint density at radius 3 is 2.88 bits per heavy atom. The summed E-state index contributed by atoms with van der Waals surface area (Å²) in [6.45, 7) is 4.94. The van der Waals surface area contributed by atoms with E-state index in [1.807, 2.05) is 0 Å². The van der Waals surface area contributed by atoms with Gasteiger partial charge in [-0.05, 0) is 18.8 Å². The summed E-state index contributed by atoms with van der Waals surface area (Å²) in [6, 6.07) is 1.65. The SMILES string of the molecule is CC1CC[N+](C)(CC(=O)Nc2ccon2)CC1. The molecule has 1 amide bonds. The Morgan fingerprint density at radius 2 is 2.29 bits per heavy atom. The van der Waals surface area contributed by atoms with Crippen LogP contribution in [0.5, 0.6) is 0 Å². The van der Waals surface area contributed by atoms with E-state index in [9.17, 15) is 4.79 Å². The number of nitrogens with one attached hydrogen (secondary N) is 1. The minimum atomic E-state index is 0.0101. The Balaban J connectivity index is 1.85. The number of hydrogen-bond donors (Lipinski definition) is 1. The summed E-state index contributed by atoms with van der Waals surface area (Å²) in [5.74, 6) is 1.29. The Labute approximate surface area is 101 Å². The molecule has 1 N–H and O–H groups in total. The van der Waals surface area contributed by atoms with Gasteiger partial charge in [0, 0.05) is 6.07 Å². The molecular formula is C12H20N3O2+. The zero-order chi connectivity index (χ0) is 12.3. The van der Waals surface area contributed by atoms with Gasteiger partial charge in [-0.2, -0.15) is 0 Å². The van der Waals surface area contributed by atoms with E-state index in [1.165, 1.54) is 19.1 Å². The molecule has 1 aromatic rings. The number of anilines is 1. The van der Waals surface area contributed by atoms with Crippen molar-refractivity contribution in [3.8, 4) is 0 Å². The van der Waals surface area contributed by atoms with Gasteiger partial charge in [-0.1, -0.05) is 12.1 Å². The number of carbonyl (C=O) groups is 1. The van der Waals surface area contributed by atoms with E-state index in [4.69, 9.17) is 0 Å². The van der Waals surface area contributed by atoms with E-state index in [-0.39, 0.29) is 5.91 Å². The molecule has 5 heteroatoms. The van der Waals surface area contributed by atoms with Crippen LogP contribution in [0.15, 0.2) is 16.9 Å². The van der Waals surface area contributed by atoms with Crippen molar-refractivity contribution in [1.29, 1.82) is 0 Å². The predicted octanol–water partition coefficient (Wildman–Crippen LogP) is 1.49. The molecule has 0 aromatic carbocycles. The molecule has 1 aromatic heterocycles. The number of carbonyl (C=O) groups excluding carboxylic acids is 1. The topological polar surface area (TPSA) is 55.1 Å². The molecule has 1 aliphatic rings. The number of quaternary nitrogens is 1. The molecule has 94 valence electrons. The van der Waals surface area contributed by atoms with E-state index in [1.54, 1.807) is 6.07 Å². The van der Waals surface area contributed by atoms with E-state index >= 15 is 0 Å². The van der Waals surface area contributed by atoms with Crippen molar-refractivity contribution in [2.45, 2.75) is 19.8 Å². The van der Waals surface area contributed by atoms with E-state index < -0.39 is 0 Å². The average molecular weight is 238 g/mol. The molecule has 1 saturated heterocycles.